The lowest BCUT2D eigenvalue weighted by Gasteiger charge is -2.24. The predicted molar refractivity (Wildman–Crippen MR) is 99.1 cm³/mol. The van der Waals surface area contributed by atoms with Gasteiger partial charge in [0.1, 0.15) is 0 Å². The molecular weight excluding hydrogens is 324 g/mol. The second-order valence-corrected chi connectivity index (χ2v) is 7.88. The van der Waals surface area contributed by atoms with Crippen molar-refractivity contribution < 1.29 is 4.79 Å². The van der Waals surface area contributed by atoms with E-state index in [-0.39, 0.29) is 11.9 Å². The molecule has 0 spiro atoms. The Morgan fingerprint density at radius 2 is 2.13 bits per heavy atom. The lowest BCUT2D eigenvalue weighted by molar-refractivity contribution is -0.122. The van der Waals surface area contributed by atoms with Gasteiger partial charge in [0.05, 0.1) is 6.04 Å². The van der Waals surface area contributed by atoms with Crippen LogP contribution in [-0.4, -0.2) is 30.0 Å². The average molecular weight is 347 g/mol. The van der Waals surface area contributed by atoms with Crippen LogP contribution in [0.1, 0.15) is 22.9 Å². The highest BCUT2D eigenvalue weighted by Gasteiger charge is 2.20. The van der Waals surface area contributed by atoms with E-state index >= 15 is 0 Å². The van der Waals surface area contributed by atoms with Gasteiger partial charge < -0.3 is 10.6 Å². The summed E-state index contributed by atoms with van der Waals surface area (Å²) in [5.41, 5.74) is 1.25. The molecule has 2 heterocycles. The standard InChI is InChI=1S/C18H22N2OS2/c21-18(12-15-13-22-10-8-19-15)20-16(17-7-4-9-23-17)11-14-5-2-1-3-6-14/h1-7,9,15-16,19H,8,10-13H2,(H,20,21). The van der Waals surface area contributed by atoms with Gasteiger partial charge in [-0.15, -0.1) is 11.3 Å². The Morgan fingerprint density at radius 1 is 1.26 bits per heavy atom. The van der Waals surface area contributed by atoms with E-state index in [1.165, 1.54) is 10.4 Å². The van der Waals surface area contributed by atoms with Gasteiger partial charge in [0.15, 0.2) is 0 Å². The third kappa shape index (κ3) is 5.09. The van der Waals surface area contributed by atoms with Gasteiger partial charge in [-0.05, 0) is 23.4 Å². The van der Waals surface area contributed by atoms with Gasteiger partial charge in [-0.1, -0.05) is 36.4 Å². The molecular formula is C18H22N2OS2. The summed E-state index contributed by atoms with van der Waals surface area (Å²) in [4.78, 5) is 13.7. The molecule has 0 bridgehead atoms. The Kier molecular flexibility index (Phi) is 6.13. The van der Waals surface area contributed by atoms with Crippen molar-refractivity contribution in [2.75, 3.05) is 18.1 Å². The van der Waals surface area contributed by atoms with Gasteiger partial charge in [-0.3, -0.25) is 4.79 Å². The Hall–Kier alpha value is -1.30. The SMILES string of the molecule is O=C(CC1CSCCN1)NC(Cc1ccccc1)c1cccs1. The summed E-state index contributed by atoms with van der Waals surface area (Å²) in [6, 6.07) is 14.9. The van der Waals surface area contributed by atoms with E-state index in [1.807, 2.05) is 36.0 Å². The fourth-order valence-electron chi connectivity index (χ4n) is 2.79. The number of hydrogen-bond donors (Lipinski definition) is 2. The third-order valence-electron chi connectivity index (χ3n) is 3.93. The van der Waals surface area contributed by atoms with E-state index in [2.05, 4.69) is 34.2 Å². The minimum absolute atomic E-state index is 0.0566. The molecule has 122 valence electrons. The minimum atomic E-state index is 0.0566. The van der Waals surface area contributed by atoms with Crippen LogP contribution in [0.5, 0.6) is 0 Å². The van der Waals surface area contributed by atoms with Crippen molar-refractivity contribution in [2.45, 2.75) is 24.9 Å². The second-order valence-electron chi connectivity index (χ2n) is 5.76. The number of thioether (sulfide) groups is 1. The molecule has 0 saturated carbocycles. The molecule has 1 aliphatic heterocycles. The van der Waals surface area contributed by atoms with Crippen LogP contribution >= 0.6 is 23.1 Å². The van der Waals surface area contributed by atoms with Gasteiger partial charge in [0.25, 0.3) is 0 Å². The highest BCUT2D eigenvalue weighted by Crippen LogP contribution is 2.23. The Labute approximate surface area is 145 Å². The summed E-state index contributed by atoms with van der Waals surface area (Å²) in [7, 11) is 0. The van der Waals surface area contributed by atoms with Crippen molar-refractivity contribution in [3.05, 3.63) is 58.3 Å². The number of hydrogen-bond acceptors (Lipinski definition) is 4. The molecule has 1 aromatic heterocycles. The summed E-state index contributed by atoms with van der Waals surface area (Å²) < 4.78 is 0. The highest BCUT2D eigenvalue weighted by atomic mass is 32.2. The molecule has 2 unspecified atom stereocenters. The molecule has 1 saturated heterocycles. The van der Waals surface area contributed by atoms with Gasteiger partial charge >= 0.3 is 0 Å². The van der Waals surface area contributed by atoms with Gasteiger partial charge in [0.2, 0.25) is 5.91 Å². The number of nitrogens with one attached hydrogen (secondary N) is 2. The van der Waals surface area contributed by atoms with E-state index in [4.69, 9.17) is 0 Å². The van der Waals surface area contributed by atoms with Crippen molar-refractivity contribution in [1.29, 1.82) is 0 Å². The molecule has 2 atom stereocenters. The Balaban J connectivity index is 1.62. The number of thiophene rings is 1. The molecule has 2 N–H and O–H groups in total. The number of carbonyl (C=O) groups excluding carboxylic acids is 1. The number of amides is 1. The average Bonchev–Trinajstić information content (AvgIpc) is 3.10. The summed E-state index contributed by atoms with van der Waals surface area (Å²) in [5.74, 6) is 2.30. The van der Waals surface area contributed by atoms with Crippen LogP contribution in [0.2, 0.25) is 0 Å². The molecule has 23 heavy (non-hydrogen) atoms. The molecule has 0 radical (unpaired) electrons. The topological polar surface area (TPSA) is 41.1 Å². The van der Waals surface area contributed by atoms with Crippen molar-refractivity contribution >= 4 is 29.0 Å². The predicted octanol–water partition coefficient (Wildman–Crippen LogP) is 3.24. The maximum atomic E-state index is 12.5. The lowest BCUT2D eigenvalue weighted by Crippen LogP contribution is -2.42. The van der Waals surface area contributed by atoms with E-state index < -0.39 is 0 Å². The highest BCUT2D eigenvalue weighted by molar-refractivity contribution is 7.99. The molecule has 3 rings (SSSR count). The van der Waals surface area contributed by atoms with Crippen molar-refractivity contribution in [2.24, 2.45) is 0 Å². The van der Waals surface area contributed by atoms with Crippen molar-refractivity contribution in [3.63, 3.8) is 0 Å². The minimum Gasteiger partial charge on any atom is -0.348 e. The number of carbonyl (C=O) groups is 1. The summed E-state index contributed by atoms with van der Waals surface area (Å²) in [6.07, 6.45) is 1.39. The second kappa shape index (κ2) is 8.52. The number of rotatable bonds is 6. The van der Waals surface area contributed by atoms with Crippen LogP contribution in [-0.2, 0) is 11.2 Å². The fourth-order valence-corrected chi connectivity index (χ4v) is 4.52. The zero-order valence-corrected chi connectivity index (χ0v) is 14.7. The maximum Gasteiger partial charge on any atom is 0.222 e. The van der Waals surface area contributed by atoms with E-state index in [0.29, 0.717) is 12.5 Å². The first-order valence-corrected chi connectivity index (χ1v) is 10.0. The van der Waals surface area contributed by atoms with Crippen LogP contribution in [0.25, 0.3) is 0 Å². The van der Waals surface area contributed by atoms with Gasteiger partial charge in [-0.2, -0.15) is 11.8 Å². The van der Waals surface area contributed by atoms with Crippen molar-refractivity contribution in [1.82, 2.24) is 10.6 Å². The molecule has 5 heteroatoms. The van der Waals surface area contributed by atoms with Crippen LogP contribution in [0, 0.1) is 0 Å². The third-order valence-corrected chi connectivity index (χ3v) is 6.05. The van der Waals surface area contributed by atoms with Crippen molar-refractivity contribution in [3.8, 4) is 0 Å². The van der Waals surface area contributed by atoms with Gasteiger partial charge in [0, 0.05) is 35.4 Å². The fraction of sp³-hybridized carbons (Fsp3) is 0.389. The summed E-state index contributed by atoms with van der Waals surface area (Å²) in [5, 5.41) is 8.73. The van der Waals surface area contributed by atoms with Crippen LogP contribution in [0.3, 0.4) is 0 Å². The van der Waals surface area contributed by atoms with Crippen LogP contribution in [0.4, 0.5) is 0 Å². The van der Waals surface area contributed by atoms with Crippen LogP contribution < -0.4 is 10.6 Å². The normalized spacial score (nSPS) is 19.2. The molecule has 1 aliphatic rings. The Bertz CT molecular complexity index is 595. The van der Waals surface area contributed by atoms with E-state index in [9.17, 15) is 4.79 Å². The molecule has 1 aromatic carbocycles. The smallest absolute Gasteiger partial charge is 0.222 e. The molecule has 3 nitrogen and oxygen atoms in total. The molecule has 0 aliphatic carbocycles. The number of benzene rings is 1. The molecule has 1 fully saturated rings. The first-order valence-electron chi connectivity index (χ1n) is 7.99. The molecule has 2 aromatic rings. The zero-order chi connectivity index (χ0) is 15.9. The quantitative estimate of drug-likeness (QED) is 0.844. The molecule has 1 amide bonds. The van der Waals surface area contributed by atoms with Crippen LogP contribution in [0.15, 0.2) is 47.8 Å². The first kappa shape index (κ1) is 16.6. The van der Waals surface area contributed by atoms with E-state index in [1.54, 1.807) is 11.3 Å². The summed E-state index contributed by atoms with van der Waals surface area (Å²) in [6.45, 7) is 1.00. The summed E-state index contributed by atoms with van der Waals surface area (Å²) >= 11 is 3.63. The van der Waals surface area contributed by atoms with E-state index in [0.717, 1.165) is 24.5 Å². The first-order chi connectivity index (χ1) is 11.3. The lowest BCUT2D eigenvalue weighted by atomic mass is 10.0. The van der Waals surface area contributed by atoms with Gasteiger partial charge in [-0.25, -0.2) is 0 Å². The largest absolute Gasteiger partial charge is 0.348 e. The zero-order valence-electron chi connectivity index (χ0n) is 13.0. The monoisotopic (exact) mass is 346 g/mol. The Morgan fingerprint density at radius 3 is 2.83 bits per heavy atom. The maximum absolute atomic E-state index is 12.5.